The number of carbonyl (C=O) groups is 1. The van der Waals surface area contributed by atoms with Crippen molar-refractivity contribution in [1.29, 1.82) is 0 Å². The lowest BCUT2D eigenvalue weighted by Gasteiger charge is -2.27. The Kier molecular flexibility index (Phi) is 5.50. The number of primary amides is 1. The minimum Gasteiger partial charge on any atom is -0.369 e. The molecule has 1 aliphatic rings. The molecule has 0 saturated carbocycles. The molecule has 1 saturated heterocycles. The highest BCUT2D eigenvalue weighted by Crippen LogP contribution is 2.27. The Labute approximate surface area is 163 Å². The van der Waals surface area contributed by atoms with Crippen LogP contribution in [0.5, 0.6) is 0 Å². The average molecular weight is 379 g/mol. The van der Waals surface area contributed by atoms with Crippen LogP contribution in [0.3, 0.4) is 0 Å². The second kappa shape index (κ2) is 8.37. The van der Waals surface area contributed by atoms with Crippen molar-refractivity contribution in [3.8, 4) is 11.4 Å². The molecule has 1 fully saturated rings. The fourth-order valence-corrected chi connectivity index (χ4v) is 3.54. The van der Waals surface area contributed by atoms with Crippen molar-refractivity contribution in [1.82, 2.24) is 25.2 Å². The molecule has 8 heteroatoms. The van der Waals surface area contributed by atoms with Crippen molar-refractivity contribution in [2.24, 2.45) is 5.73 Å². The minimum absolute atomic E-state index is 0.412. The number of carbonyl (C=O) groups excluding carboxylic acids is 1. The predicted octanol–water partition coefficient (Wildman–Crippen LogP) is 1.43. The number of aromatic nitrogens is 3. The van der Waals surface area contributed by atoms with Gasteiger partial charge in [0.05, 0.1) is 16.6 Å². The van der Waals surface area contributed by atoms with Crippen LogP contribution in [0.2, 0.25) is 0 Å². The van der Waals surface area contributed by atoms with E-state index in [0.717, 1.165) is 62.6 Å². The number of hydrogen-bond donors (Lipinski definition) is 4. The van der Waals surface area contributed by atoms with Gasteiger partial charge in [0.15, 0.2) is 0 Å². The molecule has 5 N–H and O–H groups in total. The lowest BCUT2D eigenvalue weighted by molar-refractivity contribution is 0.100. The van der Waals surface area contributed by atoms with Gasteiger partial charge >= 0.3 is 0 Å². The first-order chi connectivity index (χ1) is 13.7. The molecular formula is C20H25N7O. The molecule has 0 bridgehead atoms. The minimum atomic E-state index is -0.485. The summed E-state index contributed by atoms with van der Waals surface area (Å²) in [6, 6.07) is 9.21. The van der Waals surface area contributed by atoms with Gasteiger partial charge in [-0.25, -0.2) is 9.97 Å². The van der Waals surface area contributed by atoms with E-state index in [1.54, 1.807) is 18.3 Å². The van der Waals surface area contributed by atoms with Gasteiger partial charge in [-0.1, -0.05) is 6.07 Å². The number of imidazole rings is 1. The fraction of sp³-hybridized carbons (Fsp3) is 0.350. The van der Waals surface area contributed by atoms with E-state index < -0.39 is 5.91 Å². The quantitative estimate of drug-likeness (QED) is 0.462. The van der Waals surface area contributed by atoms with Gasteiger partial charge in [0.2, 0.25) is 0 Å². The molecule has 28 heavy (non-hydrogen) atoms. The number of nitrogens with one attached hydrogen (secondary N) is 3. The summed E-state index contributed by atoms with van der Waals surface area (Å²) in [6.07, 6.45) is 2.81. The Bertz CT molecular complexity index is 962. The zero-order valence-electron chi connectivity index (χ0n) is 15.7. The molecule has 1 aromatic carbocycles. The SMILES string of the molecule is NC(=O)c1cccc2[nH]c(-c3cccnc3NCCCN3CCNCC3)nc12. The van der Waals surface area contributed by atoms with Gasteiger partial charge in [0, 0.05) is 38.9 Å². The van der Waals surface area contributed by atoms with Gasteiger partial charge < -0.3 is 26.3 Å². The third-order valence-electron chi connectivity index (χ3n) is 4.99. The number of piperazine rings is 1. The molecular weight excluding hydrogens is 354 g/mol. The summed E-state index contributed by atoms with van der Waals surface area (Å²) in [5, 5.41) is 6.80. The van der Waals surface area contributed by atoms with Crippen LogP contribution in [-0.2, 0) is 0 Å². The zero-order chi connectivity index (χ0) is 19.3. The third-order valence-corrected chi connectivity index (χ3v) is 4.99. The van der Waals surface area contributed by atoms with Crippen LogP contribution >= 0.6 is 0 Å². The van der Waals surface area contributed by atoms with E-state index in [-0.39, 0.29) is 0 Å². The highest BCUT2D eigenvalue weighted by Gasteiger charge is 2.15. The second-order valence-electron chi connectivity index (χ2n) is 6.92. The monoisotopic (exact) mass is 379 g/mol. The number of anilines is 1. The number of hydrogen-bond acceptors (Lipinski definition) is 6. The number of fused-ring (bicyclic) bond motifs is 1. The maximum atomic E-state index is 11.7. The van der Waals surface area contributed by atoms with Crippen LogP contribution in [0, 0.1) is 0 Å². The van der Waals surface area contributed by atoms with E-state index in [1.807, 2.05) is 18.2 Å². The van der Waals surface area contributed by atoms with Crippen molar-refractivity contribution in [3.63, 3.8) is 0 Å². The van der Waals surface area contributed by atoms with Crippen LogP contribution in [0.4, 0.5) is 5.82 Å². The molecule has 1 amide bonds. The van der Waals surface area contributed by atoms with Crippen LogP contribution in [0.1, 0.15) is 16.8 Å². The number of nitrogens with zero attached hydrogens (tertiary/aromatic N) is 3. The van der Waals surface area contributed by atoms with Crippen molar-refractivity contribution < 1.29 is 4.79 Å². The predicted molar refractivity (Wildman–Crippen MR) is 110 cm³/mol. The summed E-state index contributed by atoms with van der Waals surface area (Å²) in [7, 11) is 0. The van der Waals surface area contributed by atoms with E-state index in [0.29, 0.717) is 16.9 Å². The van der Waals surface area contributed by atoms with Crippen LogP contribution < -0.4 is 16.4 Å². The fourth-order valence-electron chi connectivity index (χ4n) is 3.54. The second-order valence-corrected chi connectivity index (χ2v) is 6.92. The molecule has 4 rings (SSSR count). The number of pyridine rings is 1. The largest absolute Gasteiger partial charge is 0.369 e. The summed E-state index contributed by atoms with van der Waals surface area (Å²) in [5.74, 6) is 0.963. The van der Waals surface area contributed by atoms with Crippen molar-refractivity contribution in [2.75, 3.05) is 44.6 Å². The van der Waals surface area contributed by atoms with Gasteiger partial charge in [-0.05, 0) is 37.2 Å². The maximum Gasteiger partial charge on any atom is 0.250 e. The van der Waals surface area contributed by atoms with Crippen molar-refractivity contribution in [3.05, 3.63) is 42.1 Å². The van der Waals surface area contributed by atoms with Crippen LogP contribution in [-0.4, -0.2) is 65.0 Å². The topological polar surface area (TPSA) is 112 Å². The van der Waals surface area contributed by atoms with E-state index in [2.05, 4.69) is 30.5 Å². The molecule has 0 unspecified atom stereocenters. The standard InChI is InChI=1S/C20H25N7O/c21-18(28)14-4-1-6-16-17(14)26-20(25-16)15-5-2-7-23-19(15)24-8-3-11-27-12-9-22-10-13-27/h1-2,4-7,22H,3,8-13H2,(H2,21,28)(H,23,24)(H,25,26). The number of para-hydroxylation sites is 1. The van der Waals surface area contributed by atoms with Gasteiger partial charge in [-0.3, -0.25) is 4.79 Å². The Balaban J connectivity index is 1.49. The summed E-state index contributed by atoms with van der Waals surface area (Å²) in [5.41, 5.74) is 8.12. The number of amides is 1. The molecule has 0 aliphatic carbocycles. The highest BCUT2D eigenvalue weighted by atomic mass is 16.1. The lowest BCUT2D eigenvalue weighted by Crippen LogP contribution is -2.44. The molecule has 0 spiro atoms. The third kappa shape index (κ3) is 3.97. The van der Waals surface area contributed by atoms with E-state index in [4.69, 9.17) is 5.73 Å². The Morgan fingerprint density at radius 3 is 2.89 bits per heavy atom. The molecule has 1 aliphatic heterocycles. The van der Waals surface area contributed by atoms with Crippen molar-refractivity contribution >= 4 is 22.8 Å². The lowest BCUT2D eigenvalue weighted by atomic mass is 10.2. The summed E-state index contributed by atoms with van der Waals surface area (Å²) < 4.78 is 0. The van der Waals surface area contributed by atoms with Gasteiger partial charge in [0.1, 0.15) is 17.2 Å². The van der Waals surface area contributed by atoms with E-state index in [9.17, 15) is 4.79 Å². The molecule has 0 atom stereocenters. The first kappa shape index (κ1) is 18.4. The molecule has 2 aromatic heterocycles. The van der Waals surface area contributed by atoms with Gasteiger partial charge in [-0.15, -0.1) is 0 Å². The smallest absolute Gasteiger partial charge is 0.250 e. The van der Waals surface area contributed by atoms with Crippen LogP contribution in [0.15, 0.2) is 36.5 Å². The zero-order valence-corrected chi connectivity index (χ0v) is 15.7. The number of H-pyrrole nitrogens is 1. The molecule has 3 aromatic rings. The number of benzene rings is 1. The molecule has 146 valence electrons. The Morgan fingerprint density at radius 2 is 2.07 bits per heavy atom. The normalized spacial score (nSPS) is 15.0. The Hall–Kier alpha value is -2.97. The van der Waals surface area contributed by atoms with E-state index in [1.165, 1.54) is 0 Å². The highest BCUT2D eigenvalue weighted by molar-refractivity contribution is 6.04. The average Bonchev–Trinajstić information content (AvgIpc) is 3.16. The Morgan fingerprint density at radius 1 is 1.21 bits per heavy atom. The maximum absolute atomic E-state index is 11.7. The number of aromatic amines is 1. The van der Waals surface area contributed by atoms with Crippen LogP contribution in [0.25, 0.3) is 22.4 Å². The summed E-state index contributed by atoms with van der Waals surface area (Å²) >= 11 is 0. The summed E-state index contributed by atoms with van der Waals surface area (Å²) in [4.78, 5) is 26.5. The first-order valence-electron chi connectivity index (χ1n) is 9.63. The summed E-state index contributed by atoms with van der Waals surface area (Å²) in [6.45, 7) is 6.25. The number of nitrogens with two attached hydrogens (primary N) is 1. The molecule has 0 radical (unpaired) electrons. The van der Waals surface area contributed by atoms with Crippen molar-refractivity contribution in [2.45, 2.75) is 6.42 Å². The van der Waals surface area contributed by atoms with Gasteiger partial charge in [-0.2, -0.15) is 0 Å². The molecule has 3 heterocycles. The first-order valence-corrected chi connectivity index (χ1v) is 9.63. The van der Waals surface area contributed by atoms with E-state index >= 15 is 0 Å². The van der Waals surface area contributed by atoms with Gasteiger partial charge in [0.25, 0.3) is 5.91 Å². The molecule has 8 nitrogen and oxygen atoms in total. The number of rotatable bonds is 7.